The van der Waals surface area contributed by atoms with E-state index in [1.807, 2.05) is 13.0 Å². The summed E-state index contributed by atoms with van der Waals surface area (Å²) in [5.41, 5.74) is 10.4. The van der Waals surface area contributed by atoms with Crippen LogP contribution in [0.2, 0.25) is 0 Å². The van der Waals surface area contributed by atoms with E-state index >= 15 is 0 Å². The van der Waals surface area contributed by atoms with Crippen LogP contribution in [-0.4, -0.2) is 60.6 Å². The van der Waals surface area contributed by atoms with Crippen molar-refractivity contribution in [3.8, 4) is 23.3 Å². The van der Waals surface area contributed by atoms with Crippen LogP contribution in [-0.2, 0) is 9.84 Å². The highest BCUT2D eigenvalue weighted by molar-refractivity contribution is 7.91. The molecule has 0 spiro atoms. The standard InChI is InChI=1S/C48H44N6O8S/c1-28-21-30(9-5-4-6-20-50-27-42(56)36-15-18-41(55)46-37(36)16-19-43(57)54-46)14-17-40(28)53-48(59)31-10-7-13-34(23-31)63(60,61)35-22-29(2)44-38(25-35)45(39(26-51-44)47(49)58)52-32-11-8-12-33(24-32)62-3/h7-8,10-19,21-26,42,50,55-56H,4,6,20,27H2,1-3H3,(H2,49,58)(H,51,52)(H,53,59)(H,54,57). The van der Waals surface area contributed by atoms with Gasteiger partial charge >= 0.3 is 0 Å². The number of aliphatic hydroxyl groups is 1. The fourth-order valence-corrected chi connectivity index (χ4v) is 8.57. The molecule has 2 heterocycles. The Morgan fingerprint density at radius 2 is 1.73 bits per heavy atom. The number of sulfone groups is 1. The van der Waals surface area contributed by atoms with Crippen LogP contribution >= 0.6 is 0 Å². The topological polar surface area (TPSA) is 226 Å². The highest BCUT2D eigenvalue weighted by atomic mass is 32.2. The smallest absolute Gasteiger partial charge is 0.255 e. The van der Waals surface area contributed by atoms with Gasteiger partial charge in [0.15, 0.2) is 0 Å². The quantitative estimate of drug-likeness (QED) is 0.0445. The molecule has 0 aliphatic heterocycles. The molecule has 0 saturated carbocycles. The average Bonchev–Trinajstić information content (AvgIpc) is 3.27. The first kappa shape index (κ1) is 43.6. The lowest BCUT2D eigenvalue weighted by atomic mass is 10.0. The van der Waals surface area contributed by atoms with E-state index in [0.717, 1.165) is 17.5 Å². The minimum atomic E-state index is -4.19. The maximum Gasteiger partial charge on any atom is 0.255 e. The molecule has 0 bridgehead atoms. The Morgan fingerprint density at radius 3 is 2.51 bits per heavy atom. The van der Waals surface area contributed by atoms with Gasteiger partial charge in [-0.25, -0.2) is 8.42 Å². The number of fused-ring (bicyclic) bond motifs is 2. The number of aliphatic hydroxyl groups excluding tert-OH is 1. The first-order valence-electron chi connectivity index (χ1n) is 19.9. The molecule has 5 aromatic carbocycles. The molecule has 1 unspecified atom stereocenters. The third-order valence-corrected chi connectivity index (χ3v) is 12.2. The molecule has 0 fully saturated rings. The lowest BCUT2D eigenvalue weighted by molar-refractivity contribution is 0.0998. The monoisotopic (exact) mass is 864 g/mol. The number of H-pyrrole nitrogens is 1. The maximum absolute atomic E-state index is 14.2. The van der Waals surface area contributed by atoms with E-state index in [1.165, 1.54) is 61.8 Å². The van der Waals surface area contributed by atoms with Crippen LogP contribution in [0.25, 0.3) is 21.8 Å². The number of hydrogen-bond donors (Lipinski definition) is 7. The summed E-state index contributed by atoms with van der Waals surface area (Å²) in [4.78, 5) is 44.6. The molecule has 63 heavy (non-hydrogen) atoms. The van der Waals surface area contributed by atoms with Crippen molar-refractivity contribution in [1.29, 1.82) is 0 Å². The van der Waals surface area contributed by atoms with Gasteiger partial charge in [0.2, 0.25) is 15.4 Å². The number of rotatable bonds is 14. The number of phenols is 1. The summed E-state index contributed by atoms with van der Waals surface area (Å²) in [6, 6.07) is 27.1. The Bertz CT molecular complexity index is 3160. The van der Waals surface area contributed by atoms with E-state index in [4.69, 9.17) is 10.5 Å². The zero-order chi connectivity index (χ0) is 44.8. The number of ether oxygens (including phenoxy) is 1. The number of primary amides is 1. The van der Waals surface area contributed by atoms with Crippen LogP contribution in [0.15, 0.2) is 124 Å². The summed E-state index contributed by atoms with van der Waals surface area (Å²) in [5.74, 6) is 5.54. The van der Waals surface area contributed by atoms with E-state index in [9.17, 15) is 33.0 Å². The molecule has 7 rings (SSSR count). The number of aromatic amines is 1. The van der Waals surface area contributed by atoms with E-state index in [2.05, 4.69) is 37.8 Å². The highest BCUT2D eigenvalue weighted by Gasteiger charge is 2.24. The van der Waals surface area contributed by atoms with E-state index in [0.29, 0.717) is 57.5 Å². The minimum absolute atomic E-state index is 0.0651. The largest absolute Gasteiger partial charge is 0.506 e. The van der Waals surface area contributed by atoms with Gasteiger partial charge in [0.05, 0.1) is 45.3 Å². The molecule has 0 saturated heterocycles. The number of benzene rings is 5. The molecular weight excluding hydrogens is 821 g/mol. The number of carbonyl (C=O) groups excluding carboxylic acids is 2. The van der Waals surface area contributed by atoms with Crippen molar-refractivity contribution in [3.05, 3.63) is 153 Å². The van der Waals surface area contributed by atoms with Crippen molar-refractivity contribution < 1.29 is 33.0 Å². The normalized spacial score (nSPS) is 11.7. The number of aromatic nitrogens is 2. The van der Waals surface area contributed by atoms with Crippen LogP contribution in [0.5, 0.6) is 11.5 Å². The highest BCUT2D eigenvalue weighted by Crippen LogP contribution is 2.35. The molecule has 0 aliphatic carbocycles. The zero-order valence-electron chi connectivity index (χ0n) is 34.6. The number of nitrogens with two attached hydrogens (primary N) is 1. The lowest BCUT2D eigenvalue weighted by Crippen LogP contribution is -2.22. The Hall–Kier alpha value is -7.51. The number of methoxy groups -OCH3 is 1. The SMILES string of the molecule is COc1cccc(Nc2c(C(N)=O)cnc3c(C)cc(S(=O)(=O)c4cccc(C(=O)Nc5ccc(C#CCCCNCC(O)c6ccc(O)c7[nH]c(=O)ccc67)cc5C)c4)cc23)c1. The van der Waals surface area contributed by atoms with Crippen molar-refractivity contribution >= 4 is 60.5 Å². The number of unbranched alkanes of at least 4 members (excludes halogenated alkanes) is 1. The second-order valence-electron chi connectivity index (χ2n) is 14.8. The first-order chi connectivity index (χ1) is 30.2. The van der Waals surface area contributed by atoms with Crippen LogP contribution in [0.4, 0.5) is 17.1 Å². The van der Waals surface area contributed by atoms with E-state index in [-0.39, 0.29) is 50.0 Å². The third kappa shape index (κ3) is 9.69. The molecule has 0 radical (unpaired) electrons. The Balaban J connectivity index is 0.995. The van der Waals surface area contributed by atoms with E-state index in [1.54, 1.807) is 55.5 Å². The number of nitrogens with one attached hydrogen (secondary N) is 4. The number of amides is 2. The van der Waals surface area contributed by atoms with Crippen LogP contribution < -0.4 is 32.0 Å². The molecule has 2 aromatic heterocycles. The number of aromatic hydroxyl groups is 1. The summed E-state index contributed by atoms with van der Waals surface area (Å²) < 4.78 is 33.7. The fraction of sp³-hybridized carbons (Fsp3) is 0.167. The first-order valence-corrected chi connectivity index (χ1v) is 21.4. The lowest BCUT2D eigenvalue weighted by Gasteiger charge is -2.16. The predicted octanol–water partition coefficient (Wildman–Crippen LogP) is 6.79. The van der Waals surface area contributed by atoms with Crippen molar-refractivity contribution in [3.63, 3.8) is 0 Å². The van der Waals surface area contributed by atoms with Gasteiger partial charge in [0.1, 0.15) is 11.5 Å². The van der Waals surface area contributed by atoms with Crippen LogP contribution in [0.1, 0.15) is 61.9 Å². The Morgan fingerprint density at radius 1 is 0.921 bits per heavy atom. The number of hydrogen-bond acceptors (Lipinski definition) is 11. The maximum atomic E-state index is 14.2. The molecular formula is C48H44N6O8S. The number of nitrogens with zero attached hydrogens (tertiary/aromatic N) is 1. The van der Waals surface area contributed by atoms with Crippen LogP contribution in [0.3, 0.4) is 0 Å². The molecule has 1 atom stereocenters. The second kappa shape index (κ2) is 18.6. The van der Waals surface area contributed by atoms with Gasteiger partial charge in [0, 0.05) is 64.6 Å². The molecule has 14 nitrogen and oxygen atoms in total. The zero-order valence-corrected chi connectivity index (χ0v) is 35.4. The van der Waals surface area contributed by atoms with Gasteiger partial charge in [-0.15, -0.1) is 0 Å². The summed E-state index contributed by atoms with van der Waals surface area (Å²) >= 11 is 0. The summed E-state index contributed by atoms with van der Waals surface area (Å²) in [6.07, 6.45) is 1.81. The fourth-order valence-electron chi connectivity index (χ4n) is 7.15. The molecule has 8 N–H and O–H groups in total. The number of anilines is 3. The molecule has 0 aliphatic rings. The Kier molecular flexibility index (Phi) is 12.9. The van der Waals surface area contributed by atoms with Crippen molar-refractivity contribution in [2.45, 2.75) is 42.6 Å². The van der Waals surface area contributed by atoms with Crippen molar-refractivity contribution in [2.24, 2.45) is 5.73 Å². The van der Waals surface area contributed by atoms with Crippen molar-refractivity contribution in [2.75, 3.05) is 30.8 Å². The summed E-state index contributed by atoms with van der Waals surface area (Å²) in [7, 11) is -2.66. The molecule has 2 amide bonds. The van der Waals surface area contributed by atoms with Gasteiger partial charge in [0.25, 0.3) is 11.8 Å². The van der Waals surface area contributed by atoms with Crippen LogP contribution in [0, 0.1) is 25.7 Å². The second-order valence-corrected chi connectivity index (χ2v) is 16.8. The average molecular weight is 865 g/mol. The predicted molar refractivity (Wildman–Crippen MR) is 242 cm³/mol. The Labute approximate surface area is 363 Å². The van der Waals surface area contributed by atoms with E-state index < -0.39 is 27.8 Å². The van der Waals surface area contributed by atoms with Gasteiger partial charge in [-0.2, -0.15) is 0 Å². The minimum Gasteiger partial charge on any atom is -0.506 e. The van der Waals surface area contributed by atoms with Crippen molar-refractivity contribution in [1.82, 2.24) is 15.3 Å². The molecule has 15 heteroatoms. The number of carbonyl (C=O) groups is 2. The molecule has 7 aromatic rings. The number of phenolic OH excluding ortho intramolecular Hbond substituents is 1. The van der Waals surface area contributed by atoms with Gasteiger partial charge in [-0.05, 0) is 116 Å². The van der Waals surface area contributed by atoms with Gasteiger partial charge < -0.3 is 41.6 Å². The summed E-state index contributed by atoms with van der Waals surface area (Å²) in [5, 5.41) is 31.1. The van der Waals surface area contributed by atoms with Gasteiger partial charge in [-0.1, -0.05) is 30.0 Å². The number of aryl methyl sites for hydroxylation is 2. The van der Waals surface area contributed by atoms with Gasteiger partial charge in [-0.3, -0.25) is 19.4 Å². The summed E-state index contributed by atoms with van der Waals surface area (Å²) in [6.45, 7) is 4.43. The third-order valence-electron chi connectivity index (χ3n) is 10.4. The molecule has 320 valence electrons. The number of pyridine rings is 2.